The van der Waals surface area contributed by atoms with Gasteiger partial charge in [-0.05, 0) is 50.8 Å². The number of hydrogen-bond donors (Lipinski definition) is 2. The molecule has 1 aromatic rings. The summed E-state index contributed by atoms with van der Waals surface area (Å²) in [6, 6.07) is 7.73. The molecule has 0 bridgehead atoms. The van der Waals surface area contributed by atoms with E-state index in [-0.39, 0.29) is 5.82 Å². The van der Waals surface area contributed by atoms with Crippen molar-refractivity contribution >= 4 is 5.96 Å². The Bertz CT molecular complexity index is 544. The van der Waals surface area contributed by atoms with Gasteiger partial charge in [0.25, 0.3) is 0 Å². The highest BCUT2D eigenvalue weighted by atomic mass is 19.1. The average Bonchev–Trinajstić information content (AvgIpc) is 2.89. The van der Waals surface area contributed by atoms with Crippen molar-refractivity contribution in [2.75, 3.05) is 26.2 Å². The molecule has 0 radical (unpaired) electrons. The molecule has 4 nitrogen and oxygen atoms in total. The lowest BCUT2D eigenvalue weighted by molar-refractivity contribution is 0.265. The number of nitrogens with zero attached hydrogens (tertiary/aromatic N) is 2. The molecular formula is C19H31FN4. The molecule has 0 spiro atoms. The van der Waals surface area contributed by atoms with E-state index in [1.165, 1.54) is 6.07 Å². The second-order valence-electron chi connectivity index (χ2n) is 6.92. The first-order valence-electron chi connectivity index (χ1n) is 9.03. The summed E-state index contributed by atoms with van der Waals surface area (Å²) in [6.45, 7) is 12.5. The van der Waals surface area contributed by atoms with Gasteiger partial charge in [-0.2, -0.15) is 0 Å². The molecule has 1 aliphatic heterocycles. The largest absolute Gasteiger partial charge is 0.357 e. The molecule has 1 fully saturated rings. The summed E-state index contributed by atoms with van der Waals surface area (Å²) in [6.07, 6.45) is 0.743. The maximum atomic E-state index is 13.2. The van der Waals surface area contributed by atoms with Gasteiger partial charge in [-0.15, -0.1) is 0 Å². The molecule has 1 heterocycles. The quantitative estimate of drug-likeness (QED) is 0.621. The first-order chi connectivity index (χ1) is 11.5. The van der Waals surface area contributed by atoms with Gasteiger partial charge in [-0.3, -0.25) is 9.89 Å². The van der Waals surface area contributed by atoms with Gasteiger partial charge in [0.1, 0.15) is 5.82 Å². The molecule has 2 rings (SSSR count). The number of likely N-dealkylation sites (tertiary alicyclic amines) is 1. The van der Waals surface area contributed by atoms with Crippen LogP contribution in [0.2, 0.25) is 0 Å². The third kappa shape index (κ3) is 5.48. The summed E-state index contributed by atoms with van der Waals surface area (Å²) >= 11 is 0. The van der Waals surface area contributed by atoms with Gasteiger partial charge in [0.05, 0.1) is 0 Å². The third-order valence-corrected chi connectivity index (χ3v) is 4.60. The highest BCUT2D eigenvalue weighted by Crippen LogP contribution is 2.18. The van der Waals surface area contributed by atoms with Crippen molar-refractivity contribution in [3.8, 4) is 0 Å². The summed E-state index contributed by atoms with van der Waals surface area (Å²) < 4.78 is 13.2. The first-order valence-corrected chi connectivity index (χ1v) is 9.03. The Morgan fingerprint density at radius 1 is 1.38 bits per heavy atom. The molecule has 0 aliphatic carbocycles. The Labute approximate surface area is 145 Å². The fraction of sp³-hybridized carbons (Fsp3) is 0.632. The summed E-state index contributed by atoms with van der Waals surface area (Å²) in [5, 5.41) is 6.89. The molecule has 1 aliphatic rings. The van der Waals surface area contributed by atoms with Gasteiger partial charge < -0.3 is 10.6 Å². The molecule has 2 unspecified atom stereocenters. The van der Waals surface area contributed by atoms with E-state index in [9.17, 15) is 4.39 Å². The highest BCUT2D eigenvalue weighted by molar-refractivity contribution is 5.80. The molecule has 134 valence electrons. The van der Waals surface area contributed by atoms with Gasteiger partial charge in [0.2, 0.25) is 0 Å². The number of hydrogen-bond acceptors (Lipinski definition) is 2. The lowest BCUT2D eigenvalue weighted by Crippen LogP contribution is -2.46. The van der Waals surface area contributed by atoms with E-state index in [4.69, 9.17) is 0 Å². The van der Waals surface area contributed by atoms with Crippen LogP contribution in [-0.2, 0) is 6.42 Å². The molecule has 0 aromatic heterocycles. The van der Waals surface area contributed by atoms with E-state index in [1.807, 2.05) is 6.07 Å². The Morgan fingerprint density at radius 2 is 2.17 bits per heavy atom. The monoisotopic (exact) mass is 334 g/mol. The predicted octanol–water partition coefficient (Wildman–Crippen LogP) is 2.65. The van der Waals surface area contributed by atoms with Crippen molar-refractivity contribution in [3.05, 3.63) is 35.6 Å². The summed E-state index contributed by atoms with van der Waals surface area (Å²) in [7, 11) is 0. The number of guanidine groups is 1. The third-order valence-electron chi connectivity index (χ3n) is 4.60. The maximum Gasteiger partial charge on any atom is 0.191 e. The molecule has 1 saturated heterocycles. The molecule has 1 aromatic carbocycles. The minimum Gasteiger partial charge on any atom is -0.357 e. The topological polar surface area (TPSA) is 39.7 Å². The minimum atomic E-state index is -0.185. The SMILES string of the molecule is CCNC(=NCCc1cccc(F)c1)NC1CN(C(C)C)CC1C. The maximum absolute atomic E-state index is 13.2. The van der Waals surface area contributed by atoms with Crippen LogP contribution in [0.3, 0.4) is 0 Å². The van der Waals surface area contributed by atoms with Gasteiger partial charge in [-0.25, -0.2) is 4.39 Å². The van der Waals surface area contributed by atoms with Crippen molar-refractivity contribution in [3.63, 3.8) is 0 Å². The van der Waals surface area contributed by atoms with Gasteiger partial charge in [0, 0.05) is 38.3 Å². The number of halogens is 1. The summed E-state index contributed by atoms with van der Waals surface area (Å²) in [5.74, 6) is 1.27. The van der Waals surface area contributed by atoms with Crippen molar-refractivity contribution in [2.24, 2.45) is 10.9 Å². The molecule has 2 atom stereocenters. The molecule has 5 heteroatoms. The van der Waals surface area contributed by atoms with Crippen LogP contribution in [0.4, 0.5) is 4.39 Å². The van der Waals surface area contributed by atoms with E-state index in [0.717, 1.165) is 37.6 Å². The second kappa shape index (κ2) is 9.02. The summed E-state index contributed by atoms with van der Waals surface area (Å²) in [4.78, 5) is 7.16. The van der Waals surface area contributed by atoms with Crippen molar-refractivity contribution in [1.82, 2.24) is 15.5 Å². The molecule has 0 saturated carbocycles. The first kappa shape index (κ1) is 18.7. The van der Waals surface area contributed by atoms with Crippen molar-refractivity contribution < 1.29 is 4.39 Å². The fourth-order valence-corrected chi connectivity index (χ4v) is 3.10. The Hall–Kier alpha value is -1.62. The Balaban J connectivity index is 1.91. The number of nitrogens with one attached hydrogen (secondary N) is 2. The normalized spacial score (nSPS) is 22.2. The molecule has 24 heavy (non-hydrogen) atoms. The van der Waals surface area contributed by atoms with Crippen LogP contribution in [-0.4, -0.2) is 49.1 Å². The smallest absolute Gasteiger partial charge is 0.191 e. The van der Waals surface area contributed by atoms with Crippen LogP contribution in [0.25, 0.3) is 0 Å². The minimum absolute atomic E-state index is 0.185. The van der Waals surface area contributed by atoms with Crippen molar-refractivity contribution in [1.29, 1.82) is 0 Å². The van der Waals surface area contributed by atoms with Gasteiger partial charge >= 0.3 is 0 Å². The second-order valence-corrected chi connectivity index (χ2v) is 6.92. The molecule has 0 amide bonds. The highest BCUT2D eigenvalue weighted by Gasteiger charge is 2.31. The van der Waals surface area contributed by atoms with Crippen LogP contribution < -0.4 is 10.6 Å². The number of rotatable bonds is 6. The standard InChI is InChI=1S/C19H31FN4/c1-5-21-19(22-10-9-16-7-6-8-17(20)11-16)23-18-13-24(14(2)3)12-15(18)4/h6-8,11,14-15,18H,5,9-10,12-13H2,1-4H3,(H2,21,22,23). The Morgan fingerprint density at radius 3 is 2.79 bits per heavy atom. The van der Waals surface area contributed by atoms with Gasteiger partial charge in [-0.1, -0.05) is 19.1 Å². The Kier molecular flexibility index (Phi) is 7.03. The zero-order valence-electron chi connectivity index (χ0n) is 15.3. The summed E-state index contributed by atoms with van der Waals surface area (Å²) in [5.41, 5.74) is 0.981. The van der Waals surface area contributed by atoms with Crippen LogP contribution in [0.15, 0.2) is 29.3 Å². The average molecular weight is 334 g/mol. The molecular weight excluding hydrogens is 303 g/mol. The van der Waals surface area contributed by atoms with E-state index in [2.05, 4.69) is 48.2 Å². The zero-order valence-corrected chi connectivity index (χ0v) is 15.3. The van der Waals surface area contributed by atoms with Crippen LogP contribution in [0.1, 0.15) is 33.3 Å². The van der Waals surface area contributed by atoms with E-state index in [1.54, 1.807) is 12.1 Å². The van der Waals surface area contributed by atoms with Crippen LogP contribution in [0.5, 0.6) is 0 Å². The number of benzene rings is 1. The van der Waals surface area contributed by atoms with Crippen molar-refractivity contribution in [2.45, 2.75) is 46.2 Å². The zero-order chi connectivity index (χ0) is 17.5. The van der Waals surface area contributed by atoms with E-state index < -0.39 is 0 Å². The number of aliphatic imine (C=N–C) groups is 1. The fourth-order valence-electron chi connectivity index (χ4n) is 3.10. The van der Waals surface area contributed by atoms with E-state index in [0.29, 0.717) is 24.5 Å². The lowest BCUT2D eigenvalue weighted by atomic mass is 10.1. The molecule has 2 N–H and O–H groups in total. The predicted molar refractivity (Wildman–Crippen MR) is 98.9 cm³/mol. The van der Waals surface area contributed by atoms with E-state index >= 15 is 0 Å². The van der Waals surface area contributed by atoms with Crippen LogP contribution >= 0.6 is 0 Å². The lowest BCUT2D eigenvalue weighted by Gasteiger charge is -2.22. The van der Waals surface area contributed by atoms with Gasteiger partial charge in [0.15, 0.2) is 5.96 Å². The van der Waals surface area contributed by atoms with Crippen LogP contribution in [0, 0.1) is 11.7 Å².